The Labute approximate surface area is 212 Å². The number of nitrogens with one attached hydrogen (secondary N) is 2. The molecule has 0 spiro atoms. The SMILES string of the molecule is CN1CCC(CN(C(=O)c2[nH]cnc2C(N)=O)c2ccc(NC(=O)c3ccc(F)cc3Cl)cc2)CC1. The second-order valence-corrected chi connectivity index (χ2v) is 9.19. The number of nitrogens with zero attached hydrogens (tertiary/aromatic N) is 3. The van der Waals surface area contributed by atoms with E-state index in [-0.39, 0.29) is 27.9 Å². The molecule has 1 aliphatic rings. The number of piperidine rings is 1. The average Bonchev–Trinajstić information content (AvgIpc) is 3.34. The summed E-state index contributed by atoms with van der Waals surface area (Å²) < 4.78 is 13.3. The van der Waals surface area contributed by atoms with Gasteiger partial charge >= 0.3 is 0 Å². The number of benzene rings is 2. The molecule has 2 aromatic carbocycles. The molecule has 0 unspecified atom stereocenters. The molecule has 1 fully saturated rings. The highest BCUT2D eigenvalue weighted by Gasteiger charge is 2.28. The van der Waals surface area contributed by atoms with Crippen molar-refractivity contribution in [3.63, 3.8) is 0 Å². The van der Waals surface area contributed by atoms with Crippen molar-refractivity contribution in [2.45, 2.75) is 12.8 Å². The number of nitrogens with two attached hydrogens (primary N) is 1. The van der Waals surface area contributed by atoms with Gasteiger partial charge in [0, 0.05) is 17.9 Å². The van der Waals surface area contributed by atoms with Gasteiger partial charge in [0.05, 0.1) is 16.9 Å². The van der Waals surface area contributed by atoms with E-state index in [0.29, 0.717) is 17.9 Å². The molecule has 0 aliphatic carbocycles. The van der Waals surface area contributed by atoms with Crippen LogP contribution in [0.3, 0.4) is 0 Å². The zero-order chi connectivity index (χ0) is 25.8. The number of imidazole rings is 1. The number of amides is 3. The van der Waals surface area contributed by atoms with Gasteiger partial charge < -0.3 is 25.8 Å². The molecule has 1 aromatic heterocycles. The maximum absolute atomic E-state index is 13.5. The van der Waals surface area contributed by atoms with Crippen molar-refractivity contribution in [2.24, 2.45) is 11.7 Å². The van der Waals surface area contributed by atoms with Gasteiger partial charge in [-0.1, -0.05) is 11.6 Å². The number of aromatic amines is 1. The highest BCUT2D eigenvalue weighted by molar-refractivity contribution is 6.34. The summed E-state index contributed by atoms with van der Waals surface area (Å²) in [5.74, 6) is -1.97. The first-order valence-corrected chi connectivity index (χ1v) is 11.8. The van der Waals surface area contributed by atoms with Crippen LogP contribution in [0.4, 0.5) is 15.8 Å². The minimum atomic E-state index is -0.795. The summed E-state index contributed by atoms with van der Waals surface area (Å²) in [6.07, 6.45) is 3.12. The van der Waals surface area contributed by atoms with Gasteiger partial charge in [0.15, 0.2) is 5.69 Å². The molecule has 0 bridgehead atoms. The summed E-state index contributed by atoms with van der Waals surface area (Å²) in [5.41, 5.74) is 6.50. The van der Waals surface area contributed by atoms with E-state index < -0.39 is 23.5 Å². The van der Waals surface area contributed by atoms with Crippen LogP contribution in [-0.4, -0.2) is 59.3 Å². The van der Waals surface area contributed by atoms with E-state index in [1.165, 1.54) is 12.4 Å². The lowest BCUT2D eigenvalue weighted by Crippen LogP contribution is -2.40. The first kappa shape index (κ1) is 25.3. The largest absolute Gasteiger partial charge is 0.364 e. The molecule has 36 heavy (non-hydrogen) atoms. The first-order chi connectivity index (χ1) is 17.2. The van der Waals surface area contributed by atoms with Crippen molar-refractivity contribution in [1.82, 2.24) is 14.9 Å². The Bertz CT molecular complexity index is 1270. The Hall–Kier alpha value is -3.76. The number of carbonyl (C=O) groups excluding carboxylic acids is 3. The lowest BCUT2D eigenvalue weighted by Gasteiger charge is -2.33. The van der Waals surface area contributed by atoms with Gasteiger partial charge in [0.1, 0.15) is 11.5 Å². The number of primary amides is 1. The zero-order valence-electron chi connectivity index (χ0n) is 19.6. The van der Waals surface area contributed by atoms with Gasteiger partial charge in [0.2, 0.25) is 0 Å². The fourth-order valence-corrected chi connectivity index (χ4v) is 4.44. The number of hydrogen-bond donors (Lipinski definition) is 3. The van der Waals surface area contributed by atoms with E-state index in [0.717, 1.165) is 38.1 Å². The monoisotopic (exact) mass is 512 g/mol. The number of carbonyl (C=O) groups is 3. The molecule has 0 saturated carbocycles. The molecular formula is C25H26ClFN6O3. The van der Waals surface area contributed by atoms with Gasteiger partial charge in [-0.25, -0.2) is 9.37 Å². The molecule has 11 heteroatoms. The summed E-state index contributed by atoms with van der Waals surface area (Å²) in [6.45, 7) is 2.31. The van der Waals surface area contributed by atoms with Crippen molar-refractivity contribution in [1.29, 1.82) is 0 Å². The van der Waals surface area contributed by atoms with Crippen molar-refractivity contribution in [3.8, 4) is 0 Å². The summed E-state index contributed by atoms with van der Waals surface area (Å²) in [7, 11) is 2.06. The summed E-state index contributed by atoms with van der Waals surface area (Å²) in [5, 5.41) is 2.72. The molecule has 0 radical (unpaired) electrons. The third-order valence-electron chi connectivity index (χ3n) is 6.22. The van der Waals surface area contributed by atoms with Crippen LogP contribution in [0.15, 0.2) is 48.8 Å². The standard InChI is InChI=1S/C25H26ClFN6O3/c1-32-10-8-15(9-11-32)13-33(25(36)22-21(23(28)34)29-14-30-22)18-5-3-17(4-6-18)31-24(35)19-7-2-16(27)12-20(19)26/h2-7,12,14-15H,8-11,13H2,1H3,(H2,28,34)(H,29,30)(H,31,35). The van der Waals surface area contributed by atoms with Gasteiger partial charge in [-0.15, -0.1) is 0 Å². The van der Waals surface area contributed by atoms with E-state index in [4.69, 9.17) is 17.3 Å². The summed E-state index contributed by atoms with van der Waals surface area (Å²) >= 11 is 5.99. The minimum Gasteiger partial charge on any atom is -0.364 e. The van der Waals surface area contributed by atoms with E-state index in [1.54, 1.807) is 29.2 Å². The lowest BCUT2D eigenvalue weighted by atomic mass is 9.96. The number of anilines is 2. The molecule has 3 aromatic rings. The highest BCUT2D eigenvalue weighted by Crippen LogP contribution is 2.26. The normalized spacial score (nSPS) is 14.4. The smallest absolute Gasteiger partial charge is 0.277 e. The van der Waals surface area contributed by atoms with Crippen molar-refractivity contribution >= 4 is 40.7 Å². The highest BCUT2D eigenvalue weighted by atomic mass is 35.5. The third-order valence-corrected chi connectivity index (χ3v) is 6.54. The van der Waals surface area contributed by atoms with Crippen molar-refractivity contribution in [2.75, 3.05) is 36.9 Å². The molecule has 2 heterocycles. The summed E-state index contributed by atoms with van der Waals surface area (Å²) in [6, 6.07) is 10.3. The van der Waals surface area contributed by atoms with Crippen molar-refractivity contribution < 1.29 is 18.8 Å². The average molecular weight is 513 g/mol. The lowest BCUT2D eigenvalue weighted by molar-refractivity contribution is 0.0949. The molecule has 3 amide bonds. The Morgan fingerprint density at radius 2 is 1.89 bits per heavy atom. The fraction of sp³-hybridized carbons (Fsp3) is 0.280. The van der Waals surface area contributed by atoms with E-state index >= 15 is 0 Å². The van der Waals surface area contributed by atoms with Crippen molar-refractivity contribution in [3.05, 3.63) is 76.6 Å². The maximum Gasteiger partial charge on any atom is 0.277 e. The number of likely N-dealkylation sites (tertiary alicyclic amines) is 1. The number of H-pyrrole nitrogens is 1. The Balaban J connectivity index is 1.56. The quantitative estimate of drug-likeness (QED) is 0.446. The van der Waals surface area contributed by atoms with Crippen LogP contribution in [0.25, 0.3) is 0 Å². The van der Waals surface area contributed by atoms with Crippen LogP contribution in [0.2, 0.25) is 5.02 Å². The minimum absolute atomic E-state index is 0.00355. The molecule has 4 N–H and O–H groups in total. The van der Waals surface area contributed by atoms with Gasteiger partial charge in [0.25, 0.3) is 17.7 Å². The summed E-state index contributed by atoms with van der Waals surface area (Å²) in [4.78, 5) is 48.3. The van der Waals surface area contributed by atoms with Crippen LogP contribution in [0.1, 0.15) is 44.2 Å². The van der Waals surface area contributed by atoms with E-state index in [9.17, 15) is 18.8 Å². The van der Waals surface area contributed by atoms with Gasteiger partial charge in [-0.3, -0.25) is 14.4 Å². The van der Waals surface area contributed by atoms with E-state index in [2.05, 4.69) is 27.2 Å². The molecule has 188 valence electrons. The van der Waals surface area contributed by atoms with Gasteiger partial charge in [-0.05, 0) is 81.4 Å². The van der Waals surface area contributed by atoms with Gasteiger partial charge in [-0.2, -0.15) is 0 Å². The topological polar surface area (TPSA) is 124 Å². The maximum atomic E-state index is 13.5. The van der Waals surface area contributed by atoms with E-state index in [1.807, 2.05) is 0 Å². The Morgan fingerprint density at radius 3 is 2.53 bits per heavy atom. The molecule has 1 aliphatic heterocycles. The molecule has 4 rings (SSSR count). The number of rotatable bonds is 7. The molecule has 0 atom stereocenters. The fourth-order valence-electron chi connectivity index (χ4n) is 4.18. The first-order valence-electron chi connectivity index (χ1n) is 11.4. The predicted molar refractivity (Wildman–Crippen MR) is 135 cm³/mol. The number of halogens is 2. The molecule has 9 nitrogen and oxygen atoms in total. The molecular weight excluding hydrogens is 487 g/mol. The van der Waals surface area contributed by atoms with Crippen LogP contribution in [0, 0.1) is 11.7 Å². The molecule has 1 saturated heterocycles. The predicted octanol–water partition coefficient (Wildman–Crippen LogP) is 3.54. The van der Waals surface area contributed by atoms with Crippen LogP contribution in [-0.2, 0) is 0 Å². The Kier molecular flexibility index (Phi) is 7.66. The number of hydrogen-bond acceptors (Lipinski definition) is 5. The second kappa shape index (κ2) is 10.9. The van der Waals surface area contributed by atoms with Crippen LogP contribution >= 0.6 is 11.6 Å². The second-order valence-electron chi connectivity index (χ2n) is 8.78. The van der Waals surface area contributed by atoms with Crippen LogP contribution < -0.4 is 16.0 Å². The third kappa shape index (κ3) is 5.72. The Morgan fingerprint density at radius 1 is 1.19 bits per heavy atom. The zero-order valence-corrected chi connectivity index (χ0v) is 20.4. The number of aromatic nitrogens is 2. The van der Waals surface area contributed by atoms with Crippen LogP contribution in [0.5, 0.6) is 0 Å².